The molecule has 2 unspecified atom stereocenters. The summed E-state index contributed by atoms with van der Waals surface area (Å²) in [5, 5.41) is 27.8. The molecule has 0 aliphatic rings. The normalized spacial score (nSPS) is 12.2. The summed E-state index contributed by atoms with van der Waals surface area (Å²) in [7, 11) is 0. The molecule has 0 bridgehead atoms. The largest absolute Gasteiger partial charge is 0.367 e. The van der Waals surface area contributed by atoms with E-state index in [0.29, 0.717) is 43.9 Å². The molecule has 0 radical (unpaired) electrons. The summed E-state index contributed by atoms with van der Waals surface area (Å²) in [5.41, 5.74) is 4.77. The zero-order chi connectivity index (χ0) is 45.4. The Morgan fingerprint density at radius 1 is 0.468 bits per heavy atom. The number of nitrogens with one attached hydrogen (secondary N) is 4. The fraction of sp³-hybridized carbons (Fsp3) is 0.182. The van der Waals surface area contributed by atoms with Crippen LogP contribution in [0.2, 0.25) is 20.1 Å². The quantitative estimate of drug-likeness (QED) is 0.0622. The standard InChI is InChI=1S/C44H38Cl4N8O6/c1-21-7-11-29(45)19-35(21)51-41(59)27-9-13-31(47)37(17-27)53-55-43(61)39(25(5)57)49-33-15-24(4)34(16-23(33)3)50-40(26(6)58)44(62)56-54-38-18-28(10-14-32(38)48)42(60)52-36-20-30(46)12-8-22(36)2/h7-20,39-40,49-50H,1-6H3,(H,51,59)(H,52,60)/b55-53+,56-54+. The Kier molecular flexibility index (Phi) is 15.5. The number of Topliss-reactive ketones (excluding diaryl/α,β-unsaturated/α-hetero) is 2. The molecule has 0 aliphatic heterocycles. The molecule has 5 rings (SSSR count). The predicted molar refractivity (Wildman–Crippen MR) is 242 cm³/mol. The lowest BCUT2D eigenvalue weighted by Crippen LogP contribution is -2.36. The van der Waals surface area contributed by atoms with Gasteiger partial charge >= 0.3 is 0 Å². The number of anilines is 4. The average Bonchev–Trinajstić information content (AvgIpc) is 3.21. The van der Waals surface area contributed by atoms with Gasteiger partial charge in [-0.3, -0.25) is 28.8 Å². The monoisotopic (exact) mass is 914 g/mol. The third-order valence-corrected chi connectivity index (χ3v) is 10.4. The number of halogens is 4. The van der Waals surface area contributed by atoms with Crippen LogP contribution in [0.1, 0.15) is 56.8 Å². The molecule has 4 amide bonds. The molecule has 18 heteroatoms. The summed E-state index contributed by atoms with van der Waals surface area (Å²) < 4.78 is 0. The minimum absolute atomic E-state index is 0.0124. The van der Waals surface area contributed by atoms with E-state index in [1.54, 1.807) is 62.4 Å². The van der Waals surface area contributed by atoms with Crippen LogP contribution >= 0.6 is 46.4 Å². The maximum Gasteiger partial charge on any atom is 0.294 e. The highest BCUT2D eigenvalue weighted by Gasteiger charge is 2.27. The molecular formula is C44H38Cl4N8O6. The highest BCUT2D eigenvalue weighted by Crippen LogP contribution is 2.31. The Morgan fingerprint density at radius 2 is 0.839 bits per heavy atom. The van der Waals surface area contributed by atoms with E-state index in [0.717, 1.165) is 11.1 Å². The van der Waals surface area contributed by atoms with E-state index in [4.69, 9.17) is 46.4 Å². The van der Waals surface area contributed by atoms with Crippen molar-refractivity contribution >= 4 is 116 Å². The van der Waals surface area contributed by atoms with Crippen LogP contribution in [0, 0.1) is 27.7 Å². The molecule has 62 heavy (non-hydrogen) atoms. The van der Waals surface area contributed by atoms with Crippen LogP contribution in [0.15, 0.2) is 105 Å². The second kappa shape index (κ2) is 20.5. The number of azo groups is 2. The van der Waals surface area contributed by atoms with Crippen LogP contribution < -0.4 is 21.3 Å². The van der Waals surface area contributed by atoms with Gasteiger partial charge in [0.05, 0.1) is 10.0 Å². The molecule has 0 spiro atoms. The number of amides is 4. The molecule has 0 aromatic heterocycles. The first-order valence-electron chi connectivity index (χ1n) is 18.6. The van der Waals surface area contributed by atoms with Gasteiger partial charge in [0.1, 0.15) is 11.4 Å². The molecule has 5 aromatic carbocycles. The first-order chi connectivity index (χ1) is 29.3. The molecule has 0 heterocycles. The van der Waals surface area contributed by atoms with Gasteiger partial charge in [-0.2, -0.15) is 0 Å². The molecular weight excluding hydrogens is 878 g/mol. The summed E-state index contributed by atoms with van der Waals surface area (Å²) in [6.07, 6.45) is 0. The summed E-state index contributed by atoms with van der Waals surface area (Å²) in [4.78, 5) is 78.0. The lowest BCUT2D eigenvalue weighted by atomic mass is 10.0. The van der Waals surface area contributed by atoms with Crippen molar-refractivity contribution in [3.8, 4) is 0 Å². The fourth-order valence-corrected chi connectivity index (χ4v) is 6.40. The van der Waals surface area contributed by atoms with Crippen molar-refractivity contribution in [2.45, 2.75) is 53.6 Å². The molecule has 0 aliphatic carbocycles. The summed E-state index contributed by atoms with van der Waals surface area (Å²) in [6.45, 7) is 9.39. The van der Waals surface area contributed by atoms with E-state index in [-0.39, 0.29) is 32.5 Å². The van der Waals surface area contributed by atoms with Gasteiger partial charge in [-0.1, -0.05) is 58.5 Å². The highest BCUT2D eigenvalue weighted by molar-refractivity contribution is 6.34. The number of hydrogen-bond donors (Lipinski definition) is 4. The second-order valence-corrected chi connectivity index (χ2v) is 15.8. The average molecular weight is 917 g/mol. The van der Waals surface area contributed by atoms with Gasteiger partial charge in [0.2, 0.25) is 0 Å². The lowest BCUT2D eigenvalue weighted by Gasteiger charge is -2.20. The van der Waals surface area contributed by atoms with Crippen molar-refractivity contribution < 1.29 is 28.8 Å². The number of rotatable bonds is 14. The van der Waals surface area contributed by atoms with Gasteiger partial charge < -0.3 is 21.3 Å². The third kappa shape index (κ3) is 11.9. The number of aryl methyl sites for hydroxylation is 4. The maximum absolute atomic E-state index is 13.3. The van der Waals surface area contributed by atoms with E-state index >= 15 is 0 Å². The van der Waals surface area contributed by atoms with Crippen LogP contribution in [0.3, 0.4) is 0 Å². The number of nitrogens with zero attached hydrogens (tertiary/aromatic N) is 4. The van der Waals surface area contributed by atoms with Crippen molar-refractivity contribution in [2.75, 3.05) is 21.3 Å². The number of carbonyl (C=O) groups excluding carboxylic acids is 6. The van der Waals surface area contributed by atoms with Gasteiger partial charge in [-0.05, 0) is 137 Å². The fourth-order valence-electron chi connectivity index (χ4n) is 5.74. The summed E-state index contributed by atoms with van der Waals surface area (Å²) in [6, 6.07) is 19.0. The number of ketones is 2. The second-order valence-electron chi connectivity index (χ2n) is 14.1. The Morgan fingerprint density at radius 3 is 1.19 bits per heavy atom. The van der Waals surface area contributed by atoms with Crippen molar-refractivity contribution in [3.05, 3.63) is 138 Å². The molecule has 2 atom stereocenters. The summed E-state index contributed by atoms with van der Waals surface area (Å²) >= 11 is 24.8. The topological polar surface area (TPSA) is 200 Å². The van der Waals surface area contributed by atoms with Crippen molar-refractivity contribution in [1.29, 1.82) is 0 Å². The van der Waals surface area contributed by atoms with Gasteiger partial charge in [0.25, 0.3) is 23.6 Å². The minimum Gasteiger partial charge on any atom is -0.367 e. The molecule has 4 N–H and O–H groups in total. The Labute approximate surface area is 376 Å². The van der Waals surface area contributed by atoms with Crippen molar-refractivity contribution in [2.24, 2.45) is 20.5 Å². The molecule has 0 fully saturated rings. The third-order valence-electron chi connectivity index (χ3n) is 9.30. The van der Waals surface area contributed by atoms with Gasteiger partial charge in [0, 0.05) is 43.9 Å². The molecule has 318 valence electrons. The van der Waals surface area contributed by atoms with E-state index in [1.807, 2.05) is 13.8 Å². The maximum atomic E-state index is 13.3. The van der Waals surface area contributed by atoms with Crippen LogP contribution in [0.5, 0.6) is 0 Å². The SMILES string of the molecule is CC(=O)C(Nc1cc(C)c(NC(C(C)=O)C(=O)/N=N/c2cc(C(=O)Nc3cc(Cl)ccc3C)ccc2Cl)cc1C)C(=O)/N=N/c1cc(C(=O)Nc2cc(Cl)ccc2C)ccc1Cl. The van der Waals surface area contributed by atoms with Gasteiger partial charge in [0.15, 0.2) is 23.7 Å². The van der Waals surface area contributed by atoms with E-state index < -0.39 is 47.3 Å². The molecule has 0 saturated heterocycles. The zero-order valence-electron chi connectivity index (χ0n) is 34.0. The lowest BCUT2D eigenvalue weighted by molar-refractivity contribution is -0.128. The first kappa shape index (κ1) is 46.7. The zero-order valence-corrected chi connectivity index (χ0v) is 37.0. The smallest absolute Gasteiger partial charge is 0.294 e. The molecule has 5 aromatic rings. The van der Waals surface area contributed by atoms with Crippen LogP contribution in [0.4, 0.5) is 34.1 Å². The van der Waals surface area contributed by atoms with Gasteiger partial charge in [-0.15, -0.1) is 20.5 Å². The Hall–Kier alpha value is -6.32. The predicted octanol–water partition coefficient (Wildman–Crippen LogP) is 11.4. The summed E-state index contributed by atoms with van der Waals surface area (Å²) in [5.74, 6) is -3.98. The Bertz CT molecular complexity index is 2520. The first-order valence-corrected chi connectivity index (χ1v) is 20.1. The van der Waals surface area contributed by atoms with E-state index in [2.05, 4.69) is 41.7 Å². The number of hydrogen-bond acceptors (Lipinski definition) is 10. The minimum atomic E-state index is -1.46. The Balaban J connectivity index is 1.28. The van der Waals surface area contributed by atoms with E-state index in [9.17, 15) is 28.8 Å². The van der Waals surface area contributed by atoms with Crippen LogP contribution in [0.25, 0.3) is 0 Å². The highest BCUT2D eigenvalue weighted by atomic mass is 35.5. The van der Waals surface area contributed by atoms with Crippen LogP contribution in [-0.2, 0) is 19.2 Å². The van der Waals surface area contributed by atoms with Crippen molar-refractivity contribution in [1.82, 2.24) is 0 Å². The molecule has 14 nitrogen and oxygen atoms in total. The van der Waals surface area contributed by atoms with Crippen LogP contribution in [-0.4, -0.2) is 47.3 Å². The number of carbonyl (C=O) groups is 6. The van der Waals surface area contributed by atoms with Gasteiger partial charge in [-0.25, -0.2) is 0 Å². The number of benzene rings is 5. The van der Waals surface area contributed by atoms with Crippen molar-refractivity contribution in [3.63, 3.8) is 0 Å². The molecule has 0 saturated carbocycles. The van der Waals surface area contributed by atoms with E-state index in [1.165, 1.54) is 50.2 Å².